The second kappa shape index (κ2) is 12.7. The number of imidazole rings is 1. The minimum atomic E-state index is -0.755. The summed E-state index contributed by atoms with van der Waals surface area (Å²) in [6, 6.07) is 27.6. The fraction of sp³-hybridized carbons (Fsp3) is 0.212. The number of amides is 1. The van der Waals surface area contributed by atoms with Gasteiger partial charge in [-0.15, -0.1) is 11.8 Å². The molecule has 3 heterocycles. The number of anilines is 1. The van der Waals surface area contributed by atoms with Crippen molar-refractivity contribution in [3.63, 3.8) is 0 Å². The van der Waals surface area contributed by atoms with Crippen LogP contribution in [0.1, 0.15) is 35.4 Å². The molecular weight excluding hydrogens is 580 g/mol. The standard InChI is InChI=1S/C33H30N4O6S/c1-21(38)42-19-25-20-44-31-27(35-33-34-18-26(37(33)41)17-22-11-5-2-6-12-22)30(39)36(31)28(25)32(40)43-29(23-13-7-3-8-14-23)24-15-9-4-10-16-24/h2-16,18,27,29,31,41H,17,19-20H2,1H3,(H,34,35)/t27?,31-/m0/s1. The van der Waals surface area contributed by atoms with E-state index in [1.54, 1.807) is 6.20 Å². The highest BCUT2D eigenvalue weighted by atomic mass is 32.2. The van der Waals surface area contributed by atoms with Gasteiger partial charge in [-0.3, -0.25) is 14.5 Å². The smallest absolute Gasteiger partial charge is 0.356 e. The quantitative estimate of drug-likeness (QED) is 0.151. The van der Waals surface area contributed by atoms with E-state index in [9.17, 15) is 19.6 Å². The number of ether oxygens (including phenoxy) is 2. The molecule has 2 aliphatic heterocycles. The lowest BCUT2D eigenvalue weighted by Crippen LogP contribution is -2.68. The lowest BCUT2D eigenvalue weighted by atomic mass is 10.0. The molecule has 0 saturated carbocycles. The maximum atomic E-state index is 13.9. The summed E-state index contributed by atoms with van der Waals surface area (Å²) >= 11 is 1.42. The molecule has 1 amide bonds. The Kier molecular flexibility index (Phi) is 8.38. The molecule has 224 valence electrons. The molecule has 11 heteroatoms. The number of hydrogen-bond donors (Lipinski definition) is 2. The first-order valence-corrected chi connectivity index (χ1v) is 15.1. The monoisotopic (exact) mass is 610 g/mol. The van der Waals surface area contributed by atoms with E-state index in [-0.39, 0.29) is 18.3 Å². The predicted octanol–water partition coefficient (Wildman–Crippen LogP) is 4.56. The van der Waals surface area contributed by atoms with Crippen LogP contribution in [0.25, 0.3) is 0 Å². The normalized spacial score (nSPS) is 17.6. The number of aromatic nitrogens is 2. The molecular formula is C33H30N4O6S. The van der Waals surface area contributed by atoms with Crippen molar-refractivity contribution in [2.45, 2.75) is 30.9 Å². The minimum absolute atomic E-state index is 0.0621. The molecule has 3 aromatic carbocycles. The van der Waals surface area contributed by atoms with Crippen molar-refractivity contribution >= 4 is 35.6 Å². The highest BCUT2D eigenvalue weighted by Crippen LogP contribution is 2.42. The van der Waals surface area contributed by atoms with Gasteiger partial charge in [-0.1, -0.05) is 91.0 Å². The van der Waals surface area contributed by atoms with Crippen molar-refractivity contribution in [3.05, 3.63) is 131 Å². The molecule has 1 fully saturated rings. The summed E-state index contributed by atoms with van der Waals surface area (Å²) in [5, 5.41) is 13.4. The Morgan fingerprint density at radius 1 is 1.00 bits per heavy atom. The Morgan fingerprint density at radius 3 is 2.23 bits per heavy atom. The summed E-state index contributed by atoms with van der Waals surface area (Å²) < 4.78 is 12.3. The maximum absolute atomic E-state index is 13.9. The van der Waals surface area contributed by atoms with Crippen LogP contribution < -0.4 is 5.32 Å². The van der Waals surface area contributed by atoms with E-state index in [0.717, 1.165) is 21.4 Å². The van der Waals surface area contributed by atoms with E-state index in [0.29, 0.717) is 23.4 Å². The highest BCUT2D eigenvalue weighted by Gasteiger charge is 2.54. The highest BCUT2D eigenvalue weighted by molar-refractivity contribution is 8.00. The van der Waals surface area contributed by atoms with Crippen molar-refractivity contribution in [2.24, 2.45) is 0 Å². The molecule has 6 rings (SSSR count). The van der Waals surface area contributed by atoms with Gasteiger partial charge >= 0.3 is 11.9 Å². The summed E-state index contributed by atoms with van der Waals surface area (Å²) in [5.74, 6) is -1.13. The number of esters is 2. The molecule has 2 atom stereocenters. The average molecular weight is 611 g/mol. The van der Waals surface area contributed by atoms with E-state index in [2.05, 4.69) is 10.3 Å². The maximum Gasteiger partial charge on any atom is 0.356 e. The third kappa shape index (κ3) is 5.91. The number of β-lactam (4-membered cyclic amide) rings is 1. The Morgan fingerprint density at radius 2 is 1.61 bits per heavy atom. The van der Waals surface area contributed by atoms with Crippen LogP contribution in [-0.2, 0) is 30.3 Å². The average Bonchev–Trinajstić information content (AvgIpc) is 3.39. The fourth-order valence-corrected chi connectivity index (χ4v) is 6.59. The van der Waals surface area contributed by atoms with E-state index in [1.165, 1.54) is 23.6 Å². The van der Waals surface area contributed by atoms with Gasteiger partial charge in [0.25, 0.3) is 5.91 Å². The van der Waals surface area contributed by atoms with Crippen molar-refractivity contribution in [1.82, 2.24) is 14.6 Å². The van der Waals surface area contributed by atoms with Crippen LogP contribution in [0.2, 0.25) is 0 Å². The molecule has 4 aromatic rings. The summed E-state index contributed by atoms with van der Waals surface area (Å²) in [6.07, 6.45) is 1.28. The third-order valence-corrected chi connectivity index (χ3v) is 8.78. The van der Waals surface area contributed by atoms with Gasteiger partial charge in [-0.25, -0.2) is 9.78 Å². The molecule has 1 unspecified atom stereocenters. The van der Waals surface area contributed by atoms with E-state index in [4.69, 9.17) is 9.47 Å². The predicted molar refractivity (Wildman–Crippen MR) is 164 cm³/mol. The van der Waals surface area contributed by atoms with E-state index < -0.39 is 35.4 Å². The van der Waals surface area contributed by atoms with Gasteiger partial charge in [0.2, 0.25) is 5.95 Å². The van der Waals surface area contributed by atoms with Crippen LogP contribution in [0, 0.1) is 0 Å². The lowest BCUT2D eigenvalue weighted by Gasteiger charge is -2.49. The Hall–Kier alpha value is -5.03. The van der Waals surface area contributed by atoms with Crippen LogP contribution in [0.15, 0.2) is 108 Å². The molecule has 0 spiro atoms. The Bertz CT molecular complexity index is 1650. The molecule has 10 nitrogen and oxygen atoms in total. The number of thioether (sulfide) groups is 1. The number of hydrogen-bond acceptors (Lipinski definition) is 9. The first kappa shape index (κ1) is 29.1. The molecule has 0 radical (unpaired) electrons. The number of nitrogens with zero attached hydrogens (tertiary/aromatic N) is 3. The van der Waals surface area contributed by atoms with Crippen LogP contribution >= 0.6 is 11.8 Å². The first-order chi connectivity index (χ1) is 21.4. The molecule has 2 aliphatic rings. The topological polar surface area (TPSA) is 123 Å². The number of rotatable bonds is 10. The number of carbonyl (C=O) groups excluding carboxylic acids is 3. The second-order valence-electron chi connectivity index (χ2n) is 10.4. The fourth-order valence-electron chi connectivity index (χ4n) is 5.26. The van der Waals surface area contributed by atoms with Gasteiger partial charge in [0.1, 0.15) is 23.7 Å². The Labute approximate surface area is 258 Å². The molecule has 1 aromatic heterocycles. The second-order valence-corrected chi connectivity index (χ2v) is 11.5. The van der Waals surface area contributed by atoms with E-state index in [1.807, 2.05) is 91.0 Å². The molecule has 44 heavy (non-hydrogen) atoms. The zero-order valence-electron chi connectivity index (χ0n) is 23.8. The van der Waals surface area contributed by atoms with Crippen molar-refractivity contribution in [1.29, 1.82) is 0 Å². The number of fused-ring (bicyclic) bond motifs is 1. The summed E-state index contributed by atoms with van der Waals surface area (Å²) in [4.78, 5) is 44.9. The third-order valence-electron chi connectivity index (χ3n) is 7.44. The van der Waals surface area contributed by atoms with Gasteiger partial charge in [0.05, 0.1) is 11.9 Å². The summed E-state index contributed by atoms with van der Waals surface area (Å²) in [6.45, 7) is 1.14. The van der Waals surface area contributed by atoms with Crippen LogP contribution in [0.5, 0.6) is 0 Å². The van der Waals surface area contributed by atoms with Crippen LogP contribution in [-0.4, -0.2) is 61.4 Å². The SMILES string of the molecule is CC(=O)OCC1=C(C(=O)OC(c2ccccc2)c2ccccc2)N2C(=O)C(Nc3ncc(Cc4ccccc4)n3O)[C@@H]2SC1. The van der Waals surface area contributed by atoms with Gasteiger partial charge in [-0.2, -0.15) is 4.73 Å². The van der Waals surface area contributed by atoms with Crippen molar-refractivity contribution < 1.29 is 29.1 Å². The van der Waals surface area contributed by atoms with Gasteiger partial charge < -0.3 is 20.0 Å². The van der Waals surface area contributed by atoms with Gasteiger partial charge in [-0.05, 0) is 16.7 Å². The van der Waals surface area contributed by atoms with Crippen molar-refractivity contribution in [2.75, 3.05) is 17.7 Å². The first-order valence-electron chi connectivity index (χ1n) is 14.1. The lowest BCUT2D eigenvalue weighted by molar-refractivity contribution is -0.152. The van der Waals surface area contributed by atoms with E-state index >= 15 is 0 Å². The summed E-state index contributed by atoms with van der Waals surface area (Å²) in [7, 11) is 0. The molecule has 1 saturated heterocycles. The largest absolute Gasteiger partial charge is 0.461 e. The van der Waals surface area contributed by atoms with Gasteiger partial charge in [0.15, 0.2) is 6.10 Å². The molecule has 0 bridgehead atoms. The number of carbonyl (C=O) groups is 3. The summed E-state index contributed by atoms with van der Waals surface area (Å²) in [5.41, 5.74) is 3.64. The molecule has 2 N–H and O–H groups in total. The zero-order valence-corrected chi connectivity index (χ0v) is 24.6. The number of benzene rings is 3. The number of nitrogens with one attached hydrogen (secondary N) is 1. The molecule has 0 aliphatic carbocycles. The zero-order chi connectivity index (χ0) is 30.6. The van der Waals surface area contributed by atoms with Crippen LogP contribution in [0.4, 0.5) is 5.95 Å². The van der Waals surface area contributed by atoms with Gasteiger partial charge in [0, 0.05) is 24.7 Å². The Balaban J connectivity index is 1.25. The van der Waals surface area contributed by atoms with Crippen LogP contribution in [0.3, 0.4) is 0 Å². The van der Waals surface area contributed by atoms with Crippen molar-refractivity contribution in [3.8, 4) is 0 Å². The minimum Gasteiger partial charge on any atom is -0.461 e.